The van der Waals surface area contributed by atoms with Crippen LogP contribution in [0, 0.1) is 5.92 Å². The zero-order chi connectivity index (χ0) is 35.2. The van der Waals surface area contributed by atoms with Crippen molar-refractivity contribution >= 4 is 41.0 Å². The maximum atomic E-state index is 13.8. The molecule has 3 aromatic carbocycles. The molecule has 0 saturated carbocycles. The second-order valence-corrected chi connectivity index (χ2v) is 13.2. The topological polar surface area (TPSA) is 101 Å². The lowest BCUT2D eigenvalue weighted by Gasteiger charge is -2.44. The predicted octanol–water partition coefficient (Wildman–Crippen LogP) is 7.21. The van der Waals surface area contributed by atoms with Crippen LogP contribution in [-0.4, -0.2) is 64.0 Å². The lowest BCUT2D eigenvalue weighted by atomic mass is 9.86. The first kappa shape index (κ1) is 35.3. The van der Waals surface area contributed by atoms with E-state index in [2.05, 4.69) is 9.88 Å². The van der Waals surface area contributed by atoms with Crippen LogP contribution in [0.3, 0.4) is 0 Å². The Kier molecular flexibility index (Phi) is 11.3. The number of aromatic amines is 1. The molecule has 4 heterocycles. The highest BCUT2D eigenvalue weighted by atomic mass is 35.5. The summed E-state index contributed by atoms with van der Waals surface area (Å²) in [5, 5.41) is 0.814. The minimum Gasteiger partial charge on any atom is -0.497 e. The average Bonchev–Trinajstić information content (AvgIpc) is 3.15. The molecule has 3 aliphatic rings. The number of methoxy groups -OCH3 is 3. The third-order valence-corrected chi connectivity index (χ3v) is 10.0. The number of amides is 1. The van der Waals surface area contributed by atoms with E-state index in [4.69, 9.17) is 46.9 Å². The predicted molar refractivity (Wildman–Crippen MR) is 189 cm³/mol. The summed E-state index contributed by atoms with van der Waals surface area (Å²) >= 11 is 13.0. The van der Waals surface area contributed by atoms with Crippen LogP contribution in [-0.2, 0) is 22.4 Å². The van der Waals surface area contributed by atoms with Gasteiger partial charge < -0.3 is 23.7 Å². The van der Waals surface area contributed by atoms with Gasteiger partial charge in [-0.25, -0.2) is 14.6 Å². The van der Waals surface area contributed by atoms with Crippen LogP contribution in [0.15, 0.2) is 79.1 Å². The quantitative estimate of drug-likeness (QED) is 0.142. The first-order valence-corrected chi connectivity index (χ1v) is 17.2. The number of pyridine rings is 1. The van der Waals surface area contributed by atoms with Gasteiger partial charge in [-0.2, -0.15) is 0 Å². The van der Waals surface area contributed by atoms with Crippen LogP contribution in [0.5, 0.6) is 17.2 Å². The number of esters is 1. The molecule has 7 rings (SSSR count). The van der Waals surface area contributed by atoms with E-state index in [0.29, 0.717) is 61.2 Å². The number of carbonyl (C=O) groups excluding carboxylic acids is 2. The molecule has 2 bridgehead atoms. The number of aromatic nitrogens is 1. The van der Waals surface area contributed by atoms with E-state index in [1.807, 2.05) is 18.2 Å². The molecule has 262 valence electrons. The van der Waals surface area contributed by atoms with E-state index in [0.717, 1.165) is 32.5 Å². The van der Waals surface area contributed by atoms with Gasteiger partial charge in [0.1, 0.15) is 28.0 Å². The van der Waals surface area contributed by atoms with Crippen molar-refractivity contribution in [3.05, 3.63) is 111 Å². The highest BCUT2D eigenvalue weighted by Crippen LogP contribution is 2.36. The number of anilines is 1. The van der Waals surface area contributed by atoms with Crippen molar-refractivity contribution in [2.45, 2.75) is 38.0 Å². The van der Waals surface area contributed by atoms with Gasteiger partial charge in [0.2, 0.25) is 0 Å². The molecule has 1 N–H and O–H groups in total. The Bertz CT molecular complexity index is 1790. The fraction of sp³-hybridized carbons (Fsp3) is 0.342. The molecule has 12 heteroatoms. The van der Waals surface area contributed by atoms with Crippen LogP contribution in [0.2, 0.25) is 10.0 Å². The Labute approximate surface area is 301 Å². The minimum atomic E-state index is -0.782. The second-order valence-electron chi connectivity index (χ2n) is 12.4. The van der Waals surface area contributed by atoms with Gasteiger partial charge >= 0.3 is 12.1 Å². The first-order chi connectivity index (χ1) is 24.3. The lowest BCUT2D eigenvalue weighted by molar-refractivity contribution is -0.377. The highest BCUT2D eigenvalue weighted by molar-refractivity contribution is 6.35. The van der Waals surface area contributed by atoms with E-state index in [9.17, 15) is 9.59 Å². The van der Waals surface area contributed by atoms with Crippen LogP contribution >= 0.6 is 23.2 Å². The molecule has 3 saturated heterocycles. The van der Waals surface area contributed by atoms with Gasteiger partial charge in [0.25, 0.3) is 0 Å². The third-order valence-electron chi connectivity index (χ3n) is 9.37. The summed E-state index contributed by atoms with van der Waals surface area (Å²) in [5.41, 5.74) is 2.95. The monoisotopic (exact) mass is 720 g/mol. The summed E-state index contributed by atoms with van der Waals surface area (Å²) in [6.07, 6.45) is 4.10. The number of nitrogens with one attached hydrogen (secondary N) is 1. The van der Waals surface area contributed by atoms with Crippen LogP contribution in [0.4, 0.5) is 10.5 Å². The number of carbonyl (C=O) groups is 2. The van der Waals surface area contributed by atoms with Crippen LogP contribution < -0.4 is 24.1 Å². The maximum absolute atomic E-state index is 13.8. The summed E-state index contributed by atoms with van der Waals surface area (Å²) < 4.78 is 28.6. The van der Waals surface area contributed by atoms with Crippen molar-refractivity contribution in [1.29, 1.82) is 0 Å². The zero-order valence-electron chi connectivity index (χ0n) is 28.2. The molecule has 3 aliphatic heterocycles. The molecular weight excluding hydrogens is 681 g/mol. The van der Waals surface area contributed by atoms with Crippen molar-refractivity contribution in [3.63, 3.8) is 0 Å². The van der Waals surface area contributed by atoms with E-state index in [1.54, 1.807) is 80.0 Å². The number of rotatable bonds is 12. The molecule has 0 radical (unpaired) electrons. The minimum absolute atomic E-state index is 0.162. The van der Waals surface area contributed by atoms with Crippen molar-refractivity contribution < 1.29 is 38.3 Å². The number of hydrogen-bond donors (Lipinski definition) is 0. The Morgan fingerprint density at radius 1 is 0.900 bits per heavy atom. The first-order valence-electron chi connectivity index (χ1n) is 16.5. The Morgan fingerprint density at radius 3 is 2.26 bits per heavy atom. The number of benzene rings is 3. The molecule has 10 nitrogen and oxygen atoms in total. The standard InChI is InChI=1S/C38H39Cl2N3O7/c1-46-29-10-8-28(9-11-29)43(38(45)50-36-23-42-15-13-25(36)14-16-42)22-24-5-4-6-27(17-24)37(44)49-34(19-30-31(39)20-41-21-32(30)40)26-7-12-33(47-2)35(18-26)48-3/h4-12,17-18,20-21,25,34,36H,13-16,19,22-23H2,1-3H3/p+1/t34-,36-/m0/s1. The zero-order valence-corrected chi connectivity index (χ0v) is 29.7. The lowest BCUT2D eigenvalue weighted by Crippen LogP contribution is -2.53. The molecule has 0 aliphatic carbocycles. The number of hydrogen-bond acceptors (Lipinski definition) is 8. The number of ether oxygens (including phenoxy) is 5. The van der Waals surface area contributed by atoms with Crippen LogP contribution in [0.25, 0.3) is 0 Å². The van der Waals surface area contributed by atoms with Gasteiger partial charge in [-0.1, -0.05) is 41.4 Å². The van der Waals surface area contributed by atoms with E-state index >= 15 is 0 Å². The summed E-state index contributed by atoms with van der Waals surface area (Å²) in [6.45, 7) is 2.99. The molecule has 1 aromatic heterocycles. The van der Waals surface area contributed by atoms with Gasteiger partial charge in [0, 0.05) is 24.2 Å². The average molecular weight is 722 g/mol. The molecule has 4 aromatic rings. The summed E-state index contributed by atoms with van der Waals surface area (Å²) in [6, 6.07) is 19.6. The fourth-order valence-corrected chi connectivity index (χ4v) is 7.11. The molecule has 0 unspecified atom stereocenters. The normalized spacial score (nSPS) is 18.5. The van der Waals surface area contributed by atoms with Gasteiger partial charge in [0.05, 0.1) is 33.4 Å². The van der Waals surface area contributed by atoms with Crippen molar-refractivity contribution in [2.75, 3.05) is 45.9 Å². The smallest absolute Gasteiger partial charge is 0.414 e. The summed E-state index contributed by atoms with van der Waals surface area (Å²) in [4.78, 5) is 34.5. The van der Waals surface area contributed by atoms with Gasteiger partial charge in [-0.15, -0.1) is 0 Å². The molecule has 3 fully saturated rings. The largest absolute Gasteiger partial charge is 0.497 e. The molecular formula is C38H40Cl2N3O7+. The van der Waals surface area contributed by atoms with E-state index in [-0.39, 0.29) is 19.1 Å². The van der Waals surface area contributed by atoms with Gasteiger partial charge in [0.15, 0.2) is 23.9 Å². The second kappa shape index (κ2) is 16.0. The summed E-state index contributed by atoms with van der Waals surface area (Å²) in [7, 11) is 4.68. The Balaban J connectivity index is 1.25. The number of nitrogens with zero attached hydrogens (tertiary/aromatic N) is 2. The molecule has 50 heavy (non-hydrogen) atoms. The van der Waals surface area contributed by atoms with E-state index < -0.39 is 18.2 Å². The van der Waals surface area contributed by atoms with Crippen molar-refractivity contribution in [3.8, 4) is 17.2 Å². The maximum Gasteiger partial charge on any atom is 0.414 e. The fourth-order valence-electron chi connectivity index (χ4n) is 6.57. The Morgan fingerprint density at radius 2 is 1.62 bits per heavy atom. The summed E-state index contributed by atoms with van der Waals surface area (Å²) in [5.74, 6) is 1.48. The highest BCUT2D eigenvalue weighted by Gasteiger charge is 2.37. The Hall–Kier alpha value is -4.51. The number of H-pyrrole nitrogens is 1. The molecule has 1 amide bonds. The van der Waals surface area contributed by atoms with Gasteiger partial charge in [-0.3, -0.25) is 9.80 Å². The third kappa shape index (κ3) is 8.09. The SMILES string of the molecule is COc1ccc(N(Cc2cccc(C(=O)O[C@@H](Cc3c(Cl)c[nH+]cc3Cl)c3ccc(OC)c(OC)c3)c2)C(=O)O[C@H]2CN3CCC2CC3)cc1. The molecule has 2 atom stereocenters. The van der Waals surface area contributed by atoms with Crippen molar-refractivity contribution in [2.24, 2.45) is 5.92 Å². The number of fused-ring (bicyclic) bond motifs is 3. The van der Waals surface area contributed by atoms with Crippen LogP contribution in [0.1, 0.15) is 46.0 Å². The van der Waals surface area contributed by atoms with E-state index in [1.165, 1.54) is 7.11 Å². The molecule has 0 spiro atoms. The number of piperidine rings is 3. The van der Waals surface area contributed by atoms with Gasteiger partial charge in [-0.05, 0) is 91.5 Å². The number of halogens is 2. The van der Waals surface area contributed by atoms with Crippen molar-refractivity contribution in [1.82, 2.24) is 4.90 Å².